The molecule has 0 unspecified atom stereocenters. The molecule has 3 nitrogen and oxygen atoms in total. The summed E-state index contributed by atoms with van der Waals surface area (Å²) in [6.07, 6.45) is 0. The molecule has 0 aliphatic carbocycles. The van der Waals surface area contributed by atoms with Gasteiger partial charge in [0.2, 0.25) is 0 Å². The lowest BCUT2D eigenvalue weighted by Crippen LogP contribution is -2.68. The standard InChI is InChI=1S/C8H10F13NO2S2/c1-3-22(4-2)25(23,24)7(13,14)5(9,10)6(11,12)8(15,16)26(17,18,19,20)21/h3-4H2,1-2H3. The van der Waals surface area contributed by atoms with Gasteiger partial charge < -0.3 is 0 Å². The molecule has 0 N–H and O–H groups in total. The number of hydrogen-bond acceptors (Lipinski definition) is 2. The van der Waals surface area contributed by atoms with Crippen LogP contribution in [0.15, 0.2) is 0 Å². The molecule has 18 heteroatoms. The molecule has 0 saturated heterocycles. The Morgan fingerprint density at radius 2 is 1.04 bits per heavy atom. The van der Waals surface area contributed by atoms with E-state index in [4.69, 9.17) is 0 Å². The average Bonchev–Trinajstić information content (AvgIpc) is 2.35. The Labute approximate surface area is 137 Å². The molecule has 0 aliphatic rings. The van der Waals surface area contributed by atoms with E-state index in [0.29, 0.717) is 13.8 Å². The quantitative estimate of drug-likeness (QED) is 0.452. The maximum absolute atomic E-state index is 13.5. The normalized spacial score (nSPS) is 18.6. The van der Waals surface area contributed by atoms with Crippen LogP contribution in [0.5, 0.6) is 0 Å². The van der Waals surface area contributed by atoms with Crippen LogP contribution in [-0.2, 0) is 10.0 Å². The lowest BCUT2D eigenvalue weighted by Gasteiger charge is -2.50. The van der Waals surface area contributed by atoms with E-state index in [1.165, 1.54) is 0 Å². The smallest absolute Gasteiger partial charge is 0.206 e. The van der Waals surface area contributed by atoms with Crippen molar-refractivity contribution in [2.24, 2.45) is 0 Å². The van der Waals surface area contributed by atoms with E-state index < -0.39 is 60.0 Å². The average molecular weight is 463 g/mol. The molecule has 0 spiro atoms. The van der Waals surface area contributed by atoms with Gasteiger partial charge in [0, 0.05) is 13.1 Å². The van der Waals surface area contributed by atoms with Crippen molar-refractivity contribution in [2.75, 3.05) is 13.1 Å². The van der Waals surface area contributed by atoms with Gasteiger partial charge in [-0.25, -0.2) is 8.42 Å². The molecule has 0 fully saturated rings. The monoisotopic (exact) mass is 463 g/mol. The fraction of sp³-hybridized carbons (Fsp3) is 1.00. The lowest BCUT2D eigenvalue weighted by molar-refractivity contribution is -0.331. The highest BCUT2D eigenvalue weighted by atomic mass is 32.5. The molecule has 0 atom stereocenters. The third-order valence-corrected chi connectivity index (χ3v) is 6.31. The van der Waals surface area contributed by atoms with E-state index in [0.717, 1.165) is 0 Å². The van der Waals surface area contributed by atoms with Crippen LogP contribution < -0.4 is 0 Å². The van der Waals surface area contributed by atoms with E-state index in [9.17, 15) is 63.0 Å². The fourth-order valence-corrected chi connectivity index (χ4v) is 3.56. The van der Waals surface area contributed by atoms with Crippen molar-refractivity contribution in [3.63, 3.8) is 0 Å². The minimum atomic E-state index is -12.8. The highest BCUT2D eigenvalue weighted by molar-refractivity contribution is 8.46. The van der Waals surface area contributed by atoms with Gasteiger partial charge in [0.15, 0.2) is 0 Å². The summed E-state index contributed by atoms with van der Waals surface area (Å²) in [4.78, 5) is 0. The molecule has 0 saturated carbocycles. The molecule has 26 heavy (non-hydrogen) atoms. The van der Waals surface area contributed by atoms with Crippen LogP contribution in [0.1, 0.15) is 13.8 Å². The van der Waals surface area contributed by atoms with Crippen LogP contribution in [0.25, 0.3) is 0 Å². The summed E-state index contributed by atoms with van der Waals surface area (Å²) in [7, 11) is -19.8. The maximum atomic E-state index is 13.5. The van der Waals surface area contributed by atoms with E-state index in [2.05, 4.69) is 0 Å². The largest absolute Gasteiger partial charge is 0.450 e. The molecule has 0 rings (SSSR count). The minimum absolute atomic E-state index is 0.658. The van der Waals surface area contributed by atoms with Gasteiger partial charge in [0.1, 0.15) is 0 Å². The van der Waals surface area contributed by atoms with Crippen molar-refractivity contribution < 1.29 is 63.0 Å². The summed E-state index contributed by atoms with van der Waals surface area (Å²) in [5.41, 5.74) is 0. The zero-order chi connectivity index (χ0) is 21.9. The highest BCUT2D eigenvalue weighted by Crippen LogP contribution is 3.06. The van der Waals surface area contributed by atoms with Gasteiger partial charge in [-0.2, -0.15) is 39.4 Å². The predicted octanol–water partition coefficient (Wildman–Crippen LogP) is 5.41. The second kappa shape index (κ2) is 5.45. The van der Waals surface area contributed by atoms with Gasteiger partial charge in [-0.3, -0.25) is 0 Å². The lowest BCUT2D eigenvalue weighted by atomic mass is 10.2. The second-order valence-corrected chi connectivity index (χ2v) is 9.17. The molecule has 0 heterocycles. The number of hydrogen-bond donors (Lipinski definition) is 0. The Balaban J connectivity index is 6.76. The summed E-state index contributed by atoms with van der Waals surface area (Å²) in [6, 6.07) is 0. The SMILES string of the molecule is CCN(CC)S(=O)(=O)C(F)(F)C(F)(F)C(F)(F)C(F)(F)S(F)(F)(F)(F)F. The molecule has 162 valence electrons. The van der Waals surface area contributed by atoms with Crippen LogP contribution in [0.4, 0.5) is 54.6 Å². The molecule has 0 aromatic heterocycles. The molecular formula is C8H10F13NO2S2. The number of sulfonamides is 1. The van der Waals surface area contributed by atoms with Gasteiger partial charge in [-0.15, -0.1) is 0 Å². The topological polar surface area (TPSA) is 37.4 Å². The van der Waals surface area contributed by atoms with Crippen molar-refractivity contribution in [3.05, 3.63) is 0 Å². The van der Waals surface area contributed by atoms with Crippen LogP contribution in [0, 0.1) is 0 Å². The summed E-state index contributed by atoms with van der Waals surface area (Å²) in [6.45, 7) is -0.796. The van der Waals surface area contributed by atoms with Crippen molar-refractivity contribution in [2.45, 2.75) is 36.2 Å². The Kier molecular flexibility index (Phi) is 5.31. The molecule has 0 amide bonds. The van der Waals surface area contributed by atoms with Crippen molar-refractivity contribution in [1.82, 2.24) is 4.31 Å². The number of rotatable bonds is 8. The van der Waals surface area contributed by atoms with Crippen LogP contribution in [-0.4, -0.2) is 48.2 Å². The van der Waals surface area contributed by atoms with E-state index in [1.54, 1.807) is 0 Å². The molecule has 0 bridgehead atoms. The molecule has 0 aromatic carbocycles. The first kappa shape index (κ1) is 25.4. The Bertz CT molecular complexity index is 649. The zero-order valence-corrected chi connectivity index (χ0v) is 14.0. The Morgan fingerprint density at radius 1 is 0.731 bits per heavy atom. The van der Waals surface area contributed by atoms with E-state index in [-0.39, 0.29) is 0 Å². The van der Waals surface area contributed by atoms with E-state index >= 15 is 0 Å². The Morgan fingerprint density at radius 3 is 1.27 bits per heavy atom. The summed E-state index contributed by atoms with van der Waals surface area (Å²) in [5.74, 6) is -16.6. The van der Waals surface area contributed by atoms with Gasteiger partial charge in [0.25, 0.3) is 10.0 Å². The summed E-state index contributed by atoms with van der Waals surface area (Å²) < 4.78 is 187. The van der Waals surface area contributed by atoms with Gasteiger partial charge in [0.05, 0.1) is 0 Å². The van der Waals surface area contributed by atoms with Gasteiger partial charge >= 0.3 is 32.6 Å². The molecule has 0 aromatic rings. The predicted molar refractivity (Wildman–Crippen MR) is 64.8 cm³/mol. The van der Waals surface area contributed by atoms with Crippen molar-refractivity contribution in [1.29, 1.82) is 0 Å². The molecule has 0 radical (unpaired) electrons. The highest BCUT2D eigenvalue weighted by Gasteiger charge is 2.99. The first-order chi connectivity index (χ1) is 10.8. The van der Waals surface area contributed by atoms with Gasteiger partial charge in [-0.05, 0) is 0 Å². The summed E-state index contributed by atoms with van der Waals surface area (Å²) >= 11 is 0. The van der Waals surface area contributed by atoms with Crippen LogP contribution in [0.2, 0.25) is 0 Å². The second-order valence-electron chi connectivity index (χ2n) is 4.74. The van der Waals surface area contributed by atoms with Crippen LogP contribution in [0.3, 0.4) is 0 Å². The third-order valence-electron chi connectivity index (χ3n) is 2.98. The molecular weight excluding hydrogens is 453 g/mol. The zero-order valence-electron chi connectivity index (χ0n) is 12.4. The maximum Gasteiger partial charge on any atom is 0.450 e. The summed E-state index contributed by atoms with van der Waals surface area (Å²) in [5, 5.41) is -16.2. The van der Waals surface area contributed by atoms with Crippen molar-refractivity contribution in [3.8, 4) is 0 Å². The number of halogens is 13. The molecule has 0 aliphatic heterocycles. The Hall–Kier alpha value is -0.650. The first-order valence-corrected chi connectivity index (χ1v) is 9.40. The van der Waals surface area contributed by atoms with E-state index in [1.807, 2.05) is 0 Å². The van der Waals surface area contributed by atoms with Crippen molar-refractivity contribution >= 4 is 20.2 Å². The third kappa shape index (κ3) is 3.20. The van der Waals surface area contributed by atoms with Gasteiger partial charge in [-0.1, -0.05) is 33.3 Å². The van der Waals surface area contributed by atoms with Crippen LogP contribution >= 0.6 is 10.2 Å². The minimum Gasteiger partial charge on any atom is -0.206 e. The fourth-order valence-electron chi connectivity index (χ4n) is 1.50. The first-order valence-electron chi connectivity index (χ1n) is 6.00. The number of alkyl halides is 8. The number of nitrogens with zero attached hydrogens (tertiary/aromatic N) is 1.